The number of cyclic esters (lactones) is 1. The highest BCUT2D eigenvalue weighted by atomic mass is 16.7. The van der Waals surface area contributed by atoms with Crippen molar-refractivity contribution in [3.63, 3.8) is 0 Å². The van der Waals surface area contributed by atoms with Gasteiger partial charge in [0.1, 0.15) is 29.3 Å². The van der Waals surface area contributed by atoms with Crippen LogP contribution in [0.3, 0.4) is 0 Å². The summed E-state index contributed by atoms with van der Waals surface area (Å²) < 4.78 is 40.6. The molecule has 16 heteroatoms. The molecule has 6 heterocycles. The molecule has 326 valence electrons. The van der Waals surface area contributed by atoms with E-state index >= 15 is 0 Å². The molecule has 2 aromatic heterocycles. The largest absolute Gasteiger partial charge is 0.458 e. The third-order valence-electron chi connectivity index (χ3n) is 12.9. The zero-order valence-electron chi connectivity index (χ0n) is 36.1. The molecule has 14 atom stereocenters. The first kappa shape index (κ1) is 44.7. The molecule has 4 saturated heterocycles. The standard InChI is InChI=1S/C43H63N5O11/c1-11-33-43(8)31(19-35(49)59-43)26(4)36(50)24(2)20-42(7)39(58-41-37(51)32(47(9)10)18-25(3)56-41)27(5)38(28(6)40(52)57-33)53-21-30(22-54-42)46-55-23-29-14-12-15-34(45-29)48-17-13-16-44-48/h12-17,24-28,31-33,37-39,41,51H,11,18-23H2,1-10H3/b46-30-/t24-,25-,26-,27+,28-,31+,32+,33-,37-,38+,39-,41+,42-,43+/m1/s1. The highest BCUT2D eigenvalue weighted by molar-refractivity contribution is 5.87. The maximum absolute atomic E-state index is 14.6. The van der Waals surface area contributed by atoms with Crippen molar-refractivity contribution in [2.75, 3.05) is 27.3 Å². The van der Waals surface area contributed by atoms with Crippen molar-refractivity contribution in [2.24, 2.45) is 34.7 Å². The van der Waals surface area contributed by atoms with E-state index < -0.39 is 83.4 Å². The number of nitrogens with zero attached hydrogens (tertiary/aromatic N) is 5. The first-order valence-corrected chi connectivity index (χ1v) is 21.0. The van der Waals surface area contributed by atoms with Gasteiger partial charge in [-0.3, -0.25) is 14.4 Å². The van der Waals surface area contributed by atoms with Gasteiger partial charge in [-0.15, -0.1) is 0 Å². The topological polar surface area (TPSA) is 182 Å². The number of carbonyl (C=O) groups is 3. The summed E-state index contributed by atoms with van der Waals surface area (Å²) in [6, 6.07) is 7.07. The van der Waals surface area contributed by atoms with Gasteiger partial charge in [0.05, 0.1) is 55.2 Å². The summed E-state index contributed by atoms with van der Waals surface area (Å²) in [5, 5.41) is 20.4. The summed E-state index contributed by atoms with van der Waals surface area (Å²) in [6.45, 7) is 14.7. The Hall–Kier alpha value is -3.80. The molecular formula is C43H63N5O11. The first-order valence-electron chi connectivity index (χ1n) is 21.0. The minimum absolute atomic E-state index is 0.0209. The van der Waals surface area contributed by atoms with Crippen LogP contribution >= 0.6 is 0 Å². The molecule has 0 radical (unpaired) electrons. The minimum atomic E-state index is -1.25. The second kappa shape index (κ2) is 18.4. The number of aliphatic hydroxyl groups excluding tert-OH is 1. The number of fused-ring (bicyclic) bond motifs is 4. The number of hydrogen-bond acceptors (Lipinski definition) is 15. The van der Waals surface area contributed by atoms with Crippen molar-refractivity contribution < 1.29 is 52.7 Å². The summed E-state index contributed by atoms with van der Waals surface area (Å²) in [7, 11) is 3.81. The number of Topliss-reactive ketones (excluding diaryl/α,β-unsaturated/α-hetero) is 1. The van der Waals surface area contributed by atoms with E-state index in [1.54, 1.807) is 30.9 Å². The van der Waals surface area contributed by atoms with Gasteiger partial charge in [-0.1, -0.05) is 38.9 Å². The summed E-state index contributed by atoms with van der Waals surface area (Å²) in [5.74, 6) is -3.69. The van der Waals surface area contributed by atoms with Gasteiger partial charge in [0.15, 0.2) is 18.7 Å². The second-order valence-corrected chi connectivity index (χ2v) is 17.6. The fraction of sp³-hybridized carbons (Fsp3) is 0.721. The second-order valence-electron chi connectivity index (χ2n) is 17.6. The van der Waals surface area contributed by atoms with Crippen molar-refractivity contribution >= 4 is 23.4 Å². The summed E-state index contributed by atoms with van der Waals surface area (Å²) in [5.41, 5.74) is -1.46. The molecule has 16 nitrogen and oxygen atoms in total. The lowest BCUT2D eigenvalue weighted by atomic mass is 9.70. The first-order chi connectivity index (χ1) is 27.9. The maximum Gasteiger partial charge on any atom is 0.311 e. The van der Waals surface area contributed by atoms with Crippen LogP contribution < -0.4 is 0 Å². The van der Waals surface area contributed by atoms with Gasteiger partial charge >= 0.3 is 11.9 Å². The highest BCUT2D eigenvalue weighted by Crippen LogP contribution is 2.46. The summed E-state index contributed by atoms with van der Waals surface area (Å²) >= 11 is 0. The molecule has 6 rings (SSSR count). The van der Waals surface area contributed by atoms with E-state index in [-0.39, 0.29) is 50.6 Å². The fourth-order valence-corrected chi connectivity index (χ4v) is 9.67. The average molecular weight is 826 g/mol. The van der Waals surface area contributed by atoms with Crippen LogP contribution in [0.15, 0.2) is 41.8 Å². The Labute approximate surface area is 347 Å². The Morgan fingerprint density at radius 2 is 1.81 bits per heavy atom. The Morgan fingerprint density at radius 3 is 2.51 bits per heavy atom. The number of aromatic nitrogens is 3. The molecule has 1 N–H and O–H groups in total. The van der Waals surface area contributed by atoms with Gasteiger partial charge < -0.3 is 43.3 Å². The molecular weight excluding hydrogens is 762 g/mol. The van der Waals surface area contributed by atoms with E-state index in [1.807, 2.05) is 84.8 Å². The molecule has 0 unspecified atom stereocenters. The van der Waals surface area contributed by atoms with E-state index in [1.165, 1.54) is 0 Å². The number of esters is 2. The zero-order chi connectivity index (χ0) is 42.8. The molecule has 0 aliphatic carbocycles. The number of oxime groups is 1. The number of likely N-dealkylation sites (N-methyl/N-ethyl adjacent to an activating group) is 1. The Balaban J connectivity index is 1.39. The van der Waals surface area contributed by atoms with E-state index in [9.17, 15) is 19.5 Å². The third kappa shape index (κ3) is 9.57. The van der Waals surface area contributed by atoms with E-state index in [4.69, 9.17) is 33.3 Å². The third-order valence-corrected chi connectivity index (χ3v) is 12.9. The molecule has 0 amide bonds. The van der Waals surface area contributed by atoms with Crippen LogP contribution in [0.25, 0.3) is 5.82 Å². The molecule has 0 spiro atoms. The lowest BCUT2D eigenvalue weighted by molar-refractivity contribution is -0.302. The zero-order valence-corrected chi connectivity index (χ0v) is 36.1. The van der Waals surface area contributed by atoms with Gasteiger partial charge in [-0.2, -0.15) is 5.10 Å². The normalized spacial score (nSPS) is 39.5. The molecule has 2 aromatic rings. The molecule has 4 aliphatic rings. The van der Waals surface area contributed by atoms with Crippen molar-refractivity contribution in [2.45, 2.75) is 142 Å². The maximum atomic E-state index is 14.6. The van der Waals surface area contributed by atoms with Crippen molar-refractivity contribution in [3.05, 3.63) is 42.4 Å². The molecule has 0 saturated carbocycles. The smallest absolute Gasteiger partial charge is 0.311 e. The Bertz CT molecular complexity index is 1810. The van der Waals surface area contributed by atoms with Gasteiger partial charge in [0.25, 0.3) is 0 Å². The lowest BCUT2D eigenvalue weighted by Crippen LogP contribution is -2.60. The Morgan fingerprint density at radius 1 is 1.05 bits per heavy atom. The van der Waals surface area contributed by atoms with E-state index in [0.717, 1.165) is 0 Å². The number of ether oxygens (including phenoxy) is 6. The minimum Gasteiger partial charge on any atom is -0.458 e. The van der Waals surface area contributed by atoms with Crippen LogP contribution in [-0.2, 0) is 54.2 Å². The monoisotopic (exact) mass is 825 g/mol. The quantitative estimate of drug-likeness (QED) is 0.294. The fourth-order valence-electron chi connectivity index (χ4n) is 9.67. The van der Waals surface area contributed by atoms with Crippen LogP contribution in [0.1, 0.15) is 86.8 Å². The van der Waals surface area contributed by atoms with Gasteiger partial charge in [0.2, 0.25) is 0 Å². The number of pyridine rings is 1. The number of aliphatic hydroxyl groups is 1. The molecule has 59 heavy (non-hydrogen) atoms. The van der Waals surface area contributed by atoms with Crippen LogP contribution in [0.4, 0.5) is 0 Å². The predicted octanol–water partition coefficient (Wildman–Crippen LogP) is 4.29. The van der Waals surface area contributed by atoms with Crippen LogP contribution in [-0.4, -0.2) is 130 Å². The number of carbonyl (C=O) groups excluding carboxylic acids is 3. The Kier molecular flexibility index (Phi) is 14.0. The lowest BCUT2D eigenvalue weighted by Gasteiger charge is -2.48. The SMILES string of the molecule is CC[C@H]1OC(=O)[C@H](C)[C@H]2OC/C(=N/OCc3cccc(-n4cccn4)n3)CO[C@](C)(C[C@@H](C)C(=O)[C@H](C)[C@@H]3CC(=O)O[C@]13C)[C@H](O[C@@H]1O[C@H](C)C[C@H](N(C)C)[C@H]1O)[C@H]2C. The van der Waals surface area contributed by atoms with Gasteiger partial charge in [0, 0.05) is 42.1 Å². The van der Waals surface area contributed by atoms with Crippen LogP contribution in [0, 0.1) is 29.6 Å². The van der Waals surface area contributed by atoms with Crippen LogP contribution in [0.2, 0.25) is 0 Å². The number of hydrogen-bond donors (Lipinski definition) is 1. The molecule has 4 aliphatic heterocycles. The molecule has 0 aromatic carbocycles. The van der Waals surface area contributed by atoms with Crippen LogP contribution in [0.5, 0.6) is 0 Å². The average Bonchev–Trinajstić information content (AvgIpc) is 3.86. The van der Waals surface area contributed by atoms with Crippen molar-refractivity contribution in [3.8, 4) is 5.82 Å². The molecule has 4 fully saturated rings. The predicted molar refractivity (Wildman–Crippen MR) is 214 cm³/mol. The van der Waals surface area contributed by atoms with E-state index in [0.29, 0.717) is 30.1 Å². The summed E-state index contributed by atoms with van der Waals surface area (Å²) in [6.07, 6.45) is -0.277. The van der Waals surface area contributed by atoms with Gasteiger partial charge in [-0.25, -0.2) is 9.67 Å². The summed E-state index contributed by atoms with van der Waals surface area (Å²) in [4.78, 5) is 54.3. The van der Waals surface area contributed by atoms with Crippen molar-refractivity contribution in [1.29, 1.82) is 0 Å². The van der Waals surface area contributed by atoms with E-state index in [2.05, 4.69) is 15.2 Å². The number of rotatable bonds is 8. The van der Waals surface area contributed by atoms with Gasteiger partial charge in [-0.05, 0) is 79.3 Å². The highest BCUT2D eigenvalue weighted by Gasteiger charge is 2.57. The van der Waals surface area contributed by atoms with Crippen molar-refractivity contribution in [1.82, 2.24) is 19.7 Å². The number of ketones is 1. The molecule has 2 bridgehead atoms.